The first-order valence-corrected chi connectivity index (χ1v) is 8.09. The van der Waals surface area contributed by atoms with Crippen LogP contribution in [-0.2, 0) is 0 Å². The van der Waals surface area contributed by atoms with E-state index in [0.29, 0.717) is 44.2 Å². The van der Waals surface area contributed by atoms with Crippen molar-refractivity contribution in [3.63, 3.8) is 0 Å². The van der Waals surface area contributed by atoms with Gasteiger partial charge in [0.05, 0.1) is 10.6 Å². The molecule has 0 unspecified atom stereocenters. The SMILES string of the molecule is CCNc1ncnc(N2CCN(c3ccccc3F)CC2)c1[N+](=O)[O-]. The number of rotatable bonds is 5. The first-order chi connectivity index (χ1) is 12.1. The second kappa shape index (κ2) is 7.29. The average molecular weight is 346 g/mol. The molecule has 1 aromatic heterocycles. The monoisotopic (exact) mass is 346 g/mol. The Morgan fingerprint density at radius 1 is 1.20 bits per heavy atom. The van der Waals surface area contributed by atoms with E-state index in [9.17, 15) is 14.5 Å². The zero-order valence-electron chi connectivity index (χ0n) is 13.9. The molecule has 9 heteroatoms. The number of aromatic nitrogens is 2. The Bertz CT molecular complexity index is 764. The van der Waals surface area contributed by atoms with Crippen LogP contribution in [0.1, 0.15) is 6.92 Å². The third-order valence-electron chi connectivity index (χ3n) is 4.10. The van der Waals surface area contributed by atoms with Crippen molar-refractivity contribution in [2.45, 2.75) is 6.92 Å². The molecule has 8 nitrogen and oxygen atoms in total. The highest BCUT2D eigenvalue weighted by Gasteiger charge is 2.29. The number of nitro groups is 1. The number of nitrogens with zero attached hydrogens (tertiary/aromatic N) is 5. The quantitative estimate of drug-likeness (QED) is 0.656. The van der Waals surface area contributed by atoms with Crippen molar-refractivity contribution in [2.75, 3.05) is 47.8 Å². The summed E-state index contributed by atoms with van der Waals surface area (Å²) in [6, 6.07) is 6.62. The molecule has 0 spiro atoms. The van der Waals surface area contributed by atoms with Crippen molar-refractivity contribution >= 4 is 23.0 Å². The number of anilines is 3. The van der Waals surface area contributed by atoms with Gasteiger partial charge in [-0.3, -0.25) is 10.1 Å². The molecule has 132 valence electrons. The fraction of sp³-hybridized carbons (Fsp3) is 0.375. The highest BCUT2D eigenvalue weighted by atomic mass is 19.1. The van der Waals surface area contributed by atoms with E-state index in [0.717, 1.165) is 0 Å². The Labute approximate surface area is 144 Å². The van der Waals surface area contributed by atoms with E-state index in [4.69, 9.17) is 0 Å². The molecule has 0 bridgehead atoms. The summed E-state index contributed by atoms with van der Waals surface area (Å²) in [5.74, 6) is 0.247. The number of piperazine rings is 1. The maximum Gasteiger partial charge on any atom is 0.353 e. The van der Waals surface area contributed by atoms with Gasteiger partial charge in [-0.25, -0.2) is 14.4 Å². The van der Waals surface area contributed by atoms with Gasteiger partial charge in [-0.2, -0.15) is 0 Å². The van der Waals surface area contributed by atoms with Crippen LogP contribution in [0.5, 0.6) is 0 Å². The number of nitrogens with one attached hydrogen (secondary N) is 1. The number of hydrogen-bond donors (Lipinski definition) is 1. The molecular formula is C16H19FN6O2. The van der Waals surface area contributed by atoms with Gasteiger partial charge in [0.15, 0.2) is 0 Å². The highest BCUT2D eigenvalue weighted by molar-refractivity contribution is 5.70. The molecular weight excluding hydrogens is 327 g/mol. The van der Waals surface area contributed by atoms with Crippen molar-refractivity contribution in [3.05, 3.63) is 46.5 Å². The first kappa shape index (κ1) is 16.9. The van der Waals surface area contributed by atoms with Gasteiger partial charge in [0.2, 0.25) is 11.6 Å². The Kier molecular flexibility index (Phi) is 4.92. The van der Waals surface area contributed by atoms with Gasteiger partial charge >= 0.3 is 5.69 Å². The molecule has 1 fully saturated rings. The Hall–Kier alpha value is -2.97. The summed E-state index contributed by atoms with van der Waals surface area (Å²) in [6.07, 6.45) is 1.32. The Morgan fingerprint density at radius 3 is 2.52 bits per heavy atom. The molecule has 2 heterocycles. The van der Waals surface area contributed by atoms with Crippen molar-refractivity contribution in [3.8, 4) is 0 Å². The first-order valence-electron chi connectivity index (χ1n) is 8.09. The van der Waals surface area contributed by atoms with Crippen LogP contribution in [0.4, 0.5) is 27.4 Å². The summed E-state index contributed by atoms with van der Waals surface area (Å²) >= 11 is 0. The van der Waals surface area contributed by atoms with Crippen LogP contribution in [-0.4, -0.2) is 47.6 Å². The molecule has 3 rings (SSSR count). The van der Waals surface area contributed by atoms with E-state index in [-0.39, 0.29) is 17.3 Å². The minimum atomic E-state index is -0.462. The largest absolute Gasteiger partial charge is 0.366 e. The average Bonchev–Trinajstić information content (AvgIpc) is 2.62. The molecule has 1 aliphatic rings. The molecule has 25 heavy (non-hydrogen) atoms. The van der Waals surface area contributed by atoms with Crippen LogP contribution in [0.25, 0.3) is 0 Å². The molecule has 1 aliphatic heterocycles. The van der Waals surface area contributed by atoms with Crippen molar-refractivity contribution in [2.24, 2.45) is 0 Å². The molecule has 0 amide bonds. The Balaban J connectivity index is 1.80. The lowest BCUT2D eigenvalue weighted by Gasteiger charge is -2.36. The van der Waals surface area contributed by atoms with Crippen LogP contribution in [0.2, 0.25) is 0 Å². The fourth-order valence-electron chi connectivity index (χ4n) is 2.93. The maximum atomic E-state index is 13.9. The van der Waals surface area contributed by atoms with Gasteiger partial charge in [0.1, 0.15) is 12.1 Å². The minimum Gasteiger partial charge on any atom is -0.366 e. The van der Waals surface area contributed by atoms with E-state index >= 15 is 0 Å². The van der Waals surface area contributed by atoms with E-state index in [1.807, 2.05) is 16.7 Å². The third kappa shape index (κ3) is 3.44. The molecule has 1 N–H and O–H groups in total. The predicted octanol–water partition coefficient (Wildman–Crippen LogP) is 2.28. The van der Waals surface area contributed by atoms with Crippen LogP contribution >= 0.6 is 0 Å². The number of halogens is 1. The van der Waals surface area contributed by atoms with E-state index in [1.54, 1.807) is 18.2 Å². The minimum absolute atomic E-state index is 0.122. The van der Waals surface area contributed by atoms with Gasteiger partial charge in [-0.15, -0.1) is 0 Å². The zero-order valence-corrected chi connectivity index (χ0v) is 13.9. The predicted molar refractivity (Wildman–Crippen MR) is 93.7 cm³/mol. The van der Waals surface area contributed by atoms with Crippen LogP contribution < -0.4 is 15.1 Å². The van der Waals surface area contributed by atoms with Gasteiger partial charge in [-0.05, 0) is 19.1 Å². The van der Waals surface area contributed by atoms with E-state index < -0.39 is 4.92 Å². The smallest absolute Gasteiger partial charge is 0.353 e. The summed E-state index contributed by atoms with van der Waals surface area (Å²) < 4.78 is 13.9. The molecule has 1 saturated heterocycles. The second-order valence-corrected chi connectivity index (χ2v) is 5.61. The molecule has 1 aromatic carbocycles. The zero-order chi connectivity index (χ0) is 17.8. The van der Waals surface area contributed by atoms with Crippen molar-refractivity contribution in [1.29, 1.82) is 0 Å². The summed E-state index contributed by atoms with van der Waals surface area (Å²) in [4.78, 5) is 22.9. The molecule has 2 aromatic rings. The topological polar surface area (TPSA) is 87.4 Å². The van der Waals surface area contributed by atoms with Gasteiger partial charge in [0.25, 0.3) is 0 Å². The summed E-state index contributed by atoms with van der Waals surface area (Å²) in [5, 5.41) is 14.4. The van der Waals surface area contributed by atoms with Crippen LogP contribution in [0.15, 0.2) is 30.6 Å². The second-order valence-electron chi connectivity index (χ2n) is 5.61. The van der Waals surface area contributed by atoms with Crippen molar-refractivity contribution < 1.29 is 9.31 Å². The highest BCUT2D eigenvalue weighted by Crippen LogP contribution is 2.32. The van der Waals surface area contributed by atoms with Crippen LogP contribution in [0, 0.1) is 15.9 Å². The number of hydrogen-bond acceptors (Lipinski definition) is 7. The lowest BCUT2D eigenvalue weighted by atomic mass is 10.2. The van der Waals surface area contributed by atoms with Gasteiger partial charge in [-0.1, -0.05) is 12.1 Å². The van der Waals surface area contributed by atoms with Crippen LogP contribution in [0.3, 0.4) is 0 Å². The van der Waals surface area contributed by atoms with E-state index in [1.165, 1.54) is 12.4 Å². The van der Waals surface area contributed by atoms with Crippen molar-refractivity contribution in [1.82, 2.24) is 9.97 Å². The Morgan fingerprint density at radius 2 is 1.88 bits per heavy atom. The molecule has 0 saturated carbocycles. The molecule has 0 aliphatic carbocycles. The normalized spacial score (nSPS) is 14.5. The lowest BCUT2D eigenvalue weighted by Crippen LogP contribution is -2.47. The standard InChI is InChI=1S/C16H19FN6O2/c1-2-18-15-14(23(24)25)16(20-11-19-15)22-9-7-21(8-10-22)13-6-4-3-5-12(13)17/h3-6,11H,2,7-10H2,1H3,(H,18,19,20). The number of benzene rings is 1. The summed E-state index contributed by atoms with van der Waals surface area (Å²) in [7, 11) is 0. The summed E-state index contributed by atoms with van der Waals surface area (Å²) in [5.41, 5.74) is 0.427. The van der Waals surface area contributed by atoms with Gasteiger partial charge in [0, 0.05) is 32.7 Å². The number of para-hydroxylation sites is 1. The molecule has 0 radical (unpaired) electrons. The third-order valence-corrected chi connectivity index (χ3v) is 4.10. The van der Waals surface area contributed by atoms with Gasteiger partial charge < -0.3 is 15.1 Å². The maximum absolute atomic E-state index is 13.9. The lowest BCUT2D eigenvalue weighted by molar-refractivity contribution is -0.383. The summed E-state index contributed by atoms with van der Waals surface area (Å²) in [6.45, 7) is 4.50. The fourth-order valence-corrected chi connectivity index (χ4v) is 2.93. The molecule has 0 atom stereocenters. The van der Waals surface area contributed by atoms with E-state index in [2.05, 4.69) is 15.3 Å².